The molecule has 0 aromatic heterocycles. The van der Waals surface area contributed by atoms with Crippen molar-refractivity contribution in [1.29, 1.82) is 0 Å². The van der Waals surface area contributed by atoms with Crippen LogP contribution in [0.15, 0.2) is 23.1 Å². The van der Waals surface area contributed by atoms with Crippen molar-refractivity contribution in [2.75, 3.05) is 13.7 Å². The lowest BCUT2D eigenvalue weighted by molar-refractivity contribution is -0.140. The summed E-state index contributed by atoms with van der Waals surface area (Å²) in [5.41, 5.74) is 0.639. The Balaban J connectivity index is 2.28. The molecular formula is C13H11NO5S2. The van der Waals surface area contributed by atoms with E-state index in [1.165, 1.54) is 13.2 Å². The number of carbonyl (C=O) groups excluding carboxylic acids is 1. The summed E-state index contributed by atoms with van der Waals surface area (Å²) in [6, 6.07) is 4.63. The number of phenolic OH excluding ortho intramolecular Hbond substituents is 1. The summed E-state index contributed by atoms with van der Waals surface area (Å²) in [5, 5.41) is 18.3. The minimum absolute atomic E-state index is 0.00641. The molecule has 1 aliphatic rings. The third-order valence-electron chi connectivity index (χ3n) is 2.67. The van der Waals surface area contributed by atoms with Crippen LogP contribution in [0.3, 0.4) is 0 Å². The SMILES string of the molecule is COc1cc(/C=C2\SC(=S)N(CC(=O)O)C2=O)ccc1O. The van der Waals surface area contributed by atoms with Crippen molar-refractivity contribution >= 4 is 46.3 Å². The fourth-order valence-corrected chi connectivity index (χ4v) is 2.96. The third kappa shape index (κ3) is 3.34. The molecule has 1 saturated heterocycles. The molecule has 0 aliphatic carbocycles. The summed E-state index contributed by atoms with van der Waals surface area (Å²) in [6.45, 7) is -0.457. The lowest BCUT2D eigenvalue weighted by atomic mass is 10.2. The Labute approximate surface area is 130 Å². The summed E-state index contributed by atoms with van der Waals surface area (Å²) in [4.78, 5) is 24.1. The van der Waals surface area contributed by atoms with Crippen LogP contribution in [-0.2, 0) is 9.59 Å². The summed E-state index contributed by atoms with van der Waals surface area (Å²) in [6.07, 6.45) is 1.57. The number of ether oxygens (including phenoxy) is 1. The number of carboxylic acid groups (broad SMARTS) is 1. The van der Waals surface area contributed by atoms with E-state index in [4.69, 9.17) is 22.1 Å². The molecule has 1 heterocycles. The Morgan fingerprint density at radius 2 is 2.24 bits per heavy atom. The lowest BCUT2D eigenvalue weighted by Gasteiger charge is -2.10. The second-order valence-electron chi connectivity index (χ2n) is 4.09. The van der Waals surface area contributed by atoms with Crippen LogP contribution in [-0.4, -0.2) is 45.0 Å². The molecule has 0 radical (unpaired) electrons. The second-order valence-corrected chi connectivity index (χ2v) is 5.77. The van der Waals surface area contributed by atoms with Crippen molar-refractivity contribution < 1.29 is 24.5 Å². The predicted molar refractivity (Wildman–Crippen MR) is 82.2 cm³/mol. The monoisotopic (exact) mass is 325 g/mol. The van der Waals surface area contributed by atoms with Crippen molar-refractivity contribution in [3.05, 3.63) is 28.7 Å². The topological polar surface area (TPSA) is 87.1 Å². The van der Waals surface area contributed by atoms with Crippen LogP contribution < -0.4 is 4.74 Å². The molecule has 1 amide bonds. The molecule has 21 heavy (non-hydrogen) atoms. The molecule has 1 fully saturated rings. The van der Waals surface area contributed by atoms with Gasteiger partial charge in [-0.3, -0.25) is 14.5 Å². The minimum atomic E-state index is -1.13. The number of thioether (sulfide) groups is 1. The number of thiocarbonyl (C=S) groups is 1. The number of amides is 1. The van der Waals surface area contributed by atoms with Gasteiger partial charge in [0.15, 0.2) is 11.5 Å². The lowest BCUT2D eigenvalue weighted by Crippen LogP contribution is -2.33. The molecule has 2 N–H and O–H groups in total. The summed E-state index contributed by atoms with van der Waals surface area (Å²) >= 11 is 6.04. The Morgan fingerprint density at radius 1 is 1.52 bits per heavy atom. The normalized spacial score (nSPS) is 16.6. The van der Waals surface area contributed by atoms with Gasteiger partial charge in [-0.25, -0.2) is 0 Å². The molecule has 1 aromatic rings. The number of aromatic hydroxyl groups is 1. The van der Waals surface area contributed by atoms with Gasteiger partial charge in [-0.15, -0.1) is 0 Å². The molecule has 2 rings (SSSR count). The van der Waals surface area contributed by atoms with Gasteiger partial charge in [0, 0.05) is 0 Å². The fraction of sp³-hybridized carbons (Fsp3) is 0.154. The van der Waals surface area contributed by atoms with Gasteiger partial charge < -0.3 is 14.9 Å². The molecule has 8 heteroatoms. The Kier molecular flexibility index (Phi) is 4.49. The van der Waals surface area contributed by atoms with Gasteiger partial charge in [0.2, 0.25) is 0 Å². The van der Waals surface area contributed by atoms with Gasteiger partial charge in [0.25, 0.3) is 5.91 Å². The number of methoxy groups -OCH3 is 1. The van der Waals surface area contributed by atoms with Crippen molar-refractivity contribution in [1.82, 2.24) is 4.90 Å². The number of carbonyl (C=O) groups is 2. The first-order chi connectivity index (χ1) is 9.92. The van der Waals surface area contributed by atoms with Gasteiger partial charge in [0.05, 0.1) is 12.0 Å². The first kappa shape index (κ1) is 15.3. The molecule has 0 bridgehead atoms. The fourth-order valence-electron chi connectivity index (χ4n) is 1.71. The standard InChI is InChI=1S/C13H11NO5S2/c1-19-9-4-7(2-3-8(9)15)5-10-12(18)14(6-11(16)17)13(20)21-10/h2-5,15H,6H2,1H3,(H,16,17)/b10-5-. The predicted octanol–water partition coefficient (Wildman–Crippen LogP) is 1.69. The van der Waals surface area contributed by atoms with E-state index < -0.39 is 18.4 Å². The van der Waals surface area contributed by atoms with E-state index in [1.807, 2.05) is 0 Å². The molecule has 0 unspecified atom stereocenters. The molecule has 0 atom stereocenters. The first-order valence-electron chi connectivity index (χ1n) is 5.76. The van der Waals surface area contributed by atoms with Crippen LogP contribution >= 0.6 is 24.0 Å². The maximum atomic E-state index is 12.1. The van der Waals surface area contributed by atoms with Crippen LogP contribution in [0.1, 0.15) is 5.56 Å². The molecule has 6 nitrogen and oxygen atoms in total. The molecule has 1 aromatic carbocycles. The van der Waals surface area contributed by atoms with E-state index in [0.717, 1.165) is 16.7 Å². The maximum Gasteiger partial charge on any atom is 0.323 e. The average molecular weight is 325 g/mol. The van der Waals surface area contributed by atoms with Crippen molar-refractivity contribution in [2.45, 2.75) is 0 Å². The molecule has 1 aliphatic heterocycles. The molecule has 0 saturated carbocycles. The van der Waals surface area contributed by atoms with Crippen LogP contribution in [0.2, 0.25) is 0 Å². The number of aliphatic carboxylic acids is 1. The van der Waals surface area contributed by atoms with E-state index in [2.05, 4.69) is 0 Å². The number of nitrogens with zero attached hydrogens (tertiary/aromatic N) is 1. The molecule has 110 valence electrons. The van der Waals surface area contributed by atoms with Gasteiger partial charge in [-0.1, -0.05) is 30.0 Å². The van der Waals surface area contributed by atoms with Crippen molar-refractivity contribution in [2.24, 2.45) is 0 Å². The van der Waals surface area contributed by atoms with Crippen LogP contribution in [0.5, 0.6) is 11.5 Å². The van der Waals surface area contributed by atoms with Gasteiger partial charge in [-0.05, 0) is 23.8 Å². The van der Waals surface area contributed by atoms with E-state index >= 15 is 0 Å². The molecule has 0 spiro atoms. The smallest absolute Gasteiger partial charge is 0.323 e. The highest BCUT2D eigenvalue weighted by Gasteiger charge is 2.33. The second kappa shape index (κ2) is 6.15. The summed E-state index contributed by atoms with van der Waals surface area (Å²) < 4.78 is 5.19. The Morgan fingerprint density at radius 3 is 2.86 bits per heavy atom. The Bertz CT molecular complexity index is 656. The van der Waals surface area contributed by atoms with E-state index in [-0.39, 0.29) is 15.8 Å². The van der Waals surface area contributed by atoms with Crippen molar-refractivity contribution in [3.63, 3.8) is 0 Å². The quantitative estimate of drug-likeness (QED) is 0.643. The number of hydrogen-bond donors (Lipinski definition) is 2. The van der Waals surface area contributed by atoms with Crippen LogP contribution in [0, 0.1) is 0 Å². The average Bonchev–Trinajstić information content (AvgIpc) is 2.68. The molecular weight excluding hydrogens is 314 g/mol. The highest BCUT2D eigenvalue weighted by atomic mass is 32.2. The van der Waals surface area contributed by atoms with Crippen LogP contribution in [0.25, 0.3) is 6.08 Å². The highest BCUT2D eigenvalue weighted by molar-refractivity contribution is 8.26. The largest absolute Gasteiger partial charge is 0.504 e. The number of benzene rings is 1. The van der Waals surface area contributed by atoms with Crippen molar-refractivity contribution in [3.8, 4) is 11.5 Å². The van der Waals surface area contributed by atoms with E-state index in [9.17, 15) is 14.7 Å². The van der Waals surface area contributed by atoms with E-state index in [0.29, 0.717) is 10.5 Å². The highest BCUT2D eigenvalue weighted by Crippen LogP contribution is 2.34. The number of carboxylic acids is 1. The zero-order valence-electron chi connectivity index (χ0n) is 10.9. The van der Waals surface area contributed by atoms with Gasteiger partial charge >= 0.3 is 5.97 Å². The summed E-state index contributed by atoms with van der Waals surface area (Å²) in [7, 11) is 1.42. The zero-order valence-corrected chi connectivity index (χ0v) is 12.5. The maximum absolute atomic E-state index is 12.1. The first-order valence-corrected chi connectivity index (χ1v) is 6.99. The van der Waals surface area contributed by atoms with Gasteiger partial charge in [0.1, 0.15) is 10.9 Å². The third-order valence-corrected chi connectivity index (χ3v) is 4.05. The summed E-state index contributed by atoms with van der Waals surface area (Å²) in [5.74, 6) is -1.30. The number of phenols is 1. The van der Waals surface area contributed by atoms with Gasteiger partial charge in [-0.2, -0.15) is 0 Å². The Hall–Kier alpha value is -2.06. The minimum Gasteiger partial charge on any atom is -0.504 e. The zero-order chi connectivity index (χ0) is 15.6. The van der Waals surface area contributed by atoms with Crippen LogP contribution in [0.4, 0.5) is 0 Å². The number of rotatable bonds is 4. The number of hydrogen-bond acceptors (Lipinski definition) is 6. The van der Waals surface area contributed by atoms with E-state index in [1.54, 1.807) is 18.2 Å².